The number of pyridine rings is 1. The molecule has 0 amide bonds. The minimum absolute atomic E-state index is 0.0938. The number of anilines is 1. The first-order valence-electron chi connectivity index (χ1n) is 6.76. The van der Waals surface area contributed by atoms with Crippen molar-refractivity contribution in [2.75, 3.05) is 38.6 Å². The molecule has 0 atom stereocenters. The average molecular weight is 261 g/mol. The minimum Gasteiger partial charge on any atom is -0.384 e. The number of nitrogens with two attached hydrogens (primary N) is 1. The van der Waals surface area contributed by atoms with E-state index in [1.54, 1.807) is 12.3 Å². The Labute approximate surface area is 114 Å². The molecule has 5 heteroatoms. The number of amidine groups is 1. The summed E-state index contributed by atoms with van der Waals surface area (Å²) in [6.07, 6.45) is 4.21. The summed E-state index contributed by atoms with van der Waals surface area (Å²) in [6, 6.07) is 3.66. The van der Waals surface area contributed by atoms with Crippen LogP contribution in [0.5, 0.6) is 0 Å². The highest BCUT2D eigenvalue weighted by molar-refractivity contribution is 5.95. The topological polar surface area (TPSA) is 69.2 Å². The molecule has 5 nitrogen and oxygen atoms in total. The molecule has 0 radical (unpaired) electrons. The summed E-state index contributed by atoms with van der Waals surface area (Å²) < 4.78 is 0. The molecule has 0 bridgehead atoms. The van der Waals surface area contributed by atoms with Crippen molar-refractivity contribution in [3.8, 4) is 0 Å². The second-order valence-electron chi connectivity index (χ2n) is 5.44. The molecule has 2 heterocycles. The molecule has 1 fully saturated rings. The smallest absolute Gasteiger partial charge is 0.128 e. The van der Waals surface area contributed by atoms with Gasteiger partial charge >= 0.3 is 0 Å². The molecule has 3 N–H and O–H groups in total. The molecule has 1 aliphatic heterocycles. The average Bonchev–Trinajstić information content (AvgIpc) is 2.41. The van der Waals surface area contributed by atoms with Crippen molar-refractivity contribution in [1.29, 1.82) is 5.41 Å². The van der Waals surface area contributed by atoms with E-state index in [1.807, 2.05) is 6.07 Å². The SMILES string of the molecule is CN1CCC(CN(C)c2cc(C(=N)N)ccn2)CC1. The monoisotopic (exact) mass is 261 g/mol. The van der Waals surface area contributed by atoms with Gasteiger partial charge in [-0.3, -0.25) is 5.41 Å². The fraction of sp³-hybridized carbons (Fsp3) is 0.571. The number of aromatic nitrogens is 1. The normalized spacial score (nSPS) is 17.4. The number of nitrogens with zero attached hydrogens (tertiary/aromatic N) is 3. The number of piperidine rings is 1. The van der Waals surface area contributed by atoms with Crippen LogP contribution in [0, 0.1) is 11.3 Å². The third kappa shape index (κ3) is 3.67. The summed E-state index contributed by atoms with van der Waals surface area (Å²) in [5.74, 6) is 1.71. The van der Waals surface area contributed by atoms with Gasteiger partial charge in [-0.05, 0) is 51.0 Å². The number of likely N-dealkylation sites (tertiary alicyclic amines) is 1. The van der Waals surface area contributed by atoms with Gasteiger partial charge in [0.05, 0.1) is 0 Å². The van der Waals surface area contributed by atoms with E-state index in [2.05, 4.69) is 28.9 Å². The summed E-state index contributed by atoms with van der Waals surface area (Å²) in [5, 5.41) is 7.47. The van der Waals surface area contributed by atoms with Crippen LogP contribution in [-0.4, -0.2) is 49.4 Å². The fourth-order valence-electron chi connectivity index (χ4n) is 2.52. The summed E-state index contributed by atoms with van der Waals surface area (Å²) in [4.78, 5) is 8.91. The van der Waals surface area contributed by atoms with Crippen LogP contribution in [0.15, 0.2) is 18.3 Å². The van der Waals surface area contributed by atoms with E-state index < -0.39 is 0 Å². The first-order chi connectivity index (χ1) is 9.06. The van der Waals surface area contributed by atoms with E-state index >= 15 is 0 Å². The lowest BCUT2D eigenvalue weighted by atomic mass is 9.97. The first kappa shape index (κ1) is 13.8. The molecule has 1 aromatic rings. The molecular formula is C14H23N5. The van der Waals surface area contributed by atoms with Gasteiger partial charge in [0.25, 0.3) is 0 Å². The van der Waals surface area contributed by atoms with Crippen molar-refractivity contribution in [1.82, 2.24) is 9.88 Å². The van der Waals surface area contributed by atoms with Crippen LogP contribution in [-0.2, 0) is 0 Å². The number of hydrogen-bond donors (Lipinski definition) is 2. The number of nitrogens with one attached hydrogen (secondary N) is 1. The van der Waals surface area contributed by atoms with E-state index in [1.165, 1.54) is 25.9 Å². The molecule has 0 unspecified atom stereocenters. The van der Waals surface area contributed by atoms with E-state index in [-0.39, 0.29) is 5.84 Å². The Kier molecular flexibility index (Phi) is 4.37. The van der Waals surface area contributed by atoms with Crippen molar-refractivity contribution in [2.24, 2.45) is 11.7 Å². The van der Waals surface area contributed by atoms with Crippen LogP contribution in [0.25, 0.3) is 0 Å². The molecule has 1 saturated heterocycles. The van der Waals surface area contributed by atoms with Crippen molar-refractivity contribution < 1.29 is 0 Å². The Hall–Kier alpha value is -1.62. The Bertz CT molecular complexity index is 437. The Morgan fingerprint density at radius 2 is 2.21 bits per heavy atom. The van der Waals surface area contributed by atoms with Crippen molar-refractivity contribution in [3.63, 3.8) is 0 Å². The predicted molar refractivity (Wildman–Crippen MR) is 78.7 cm³/mol. The predicted octanol–water partition coefficient (Wildman–Crippen LogP) is 1.14. The van der Waals surface area contributed by atoms with Gasteiger partial charge in [-0.1, -0.05) is 0 Å². The highest BCUT2D eigenvalue weighted by Crippen LogP contribution is 2.19. The van der Waals surface area contributed by atoms with Gasteiger partial charge in [0.2, 0.25) is 0 Å². The first-order valence-corrected chi connectivity index (χ1v) is 6.76. The molecule has 0 saturated carbocycles. The van der Waals surface area contributed by atoms with Crippen molar-refractivity contribution >= 4 is 11.7 Å². The summed E-state index contributed by atoms with van der Waals surface area (Å²) >= 11 is 0. The van der Waals surface area contributed by atoms with Gasteiger partial charge in [-0.25, -0.2) is 4.98 Å². The molecular weight excluding hydrogens is 238 g/mol. The van der Waals surface area contributed by atoms with Gasteiger partial charge in [0.15, 0.2) is 0 Å². The molecule has 1 aliphatic rings. The highest BCUT2D eigenvalue weighted by atomic mass is 15.2. The van der Waals surface area contributed by atoms with Crippen molar-refractivity contribution in [3.05, 3.63) is 23.9 Å². The van der Waals surface area contributed by atoms with Gasteiger partial charge < -0.3 is 15.5 Å². The summed E-state index contributed by atoms with van der Waals surface area (Å²) in [5.41, 5.74) is 6.25. The van der Waals surface area contributed by atoms with Gasteiger partial charge in [-0.2, -0.15) is 0 Å². The van der Waals surface area contributed by atoms with Crippen molar-refractivity contribution in [2.45, 2.75) is 12.8 Å². The summed E-state index contributed by atoms with van der Waals surface area (Å²) in [7, 11) is 4.24. The zero-order chi connectivity index (χ0) is 13.8. The van der Waals surface area contributed by atoms with Crippen LogP contribution in [0.2, 0.25) is 0 Å². The van der Waals surface area contributed by atoms with Crippen LogP contribution >= 0.6 is 0 Å². The maximum Gasteiger partial charge on any atom is 0.128 e. The second kappa shape index (κ2) is 6.02. The number of rotatable bonds is 4. The largest absolute Gasteiger partial charge is 0.384 e. The van der Waals surface area contributed by atoms with Crippen LogP contribution in [0.3, 0.4) is 0 Å². The van der Waals surface area contributed by atoms with E-state index in [0.29, 0.717) is 0 Å². The molecule has 1 aromatic heterocycles. The lowest BCUT2D eigenvalue weighted by Crippen LogP contribution is -2.36. The highest BCUT2D eigenvalue weighted by Gasteiger charge is 2.18. The van der Waals surface area contributed by atoms with Gasteiger partial charge in [0, 0.05) is 25.4 Å². The quantitative estimate of drug-likeness (QED) is 0.630. The molecule has 19 heavy (non-hydrogen) atoms. The Balaban J connectivity index is 1.97. The molecule has 0 spiro atoms. The van der Waals surface area contributed by atoms with E-state index in [4.69, 9.17) is 11.1 Å². The maximum atomic E-state index is 7.47. The molecule has 104 valence electrons. The number of nitrogen functional groups attached to an aromatic ring is 1. The standard InChI is InChI=1S/C14H23N5/c1-18-7-4-11(5-8-18)10-19(2)13-9-12(14(15)16)3-6-17-13/h3,6,9,11H,4-5,7-8,10H2,1-2H3,(H3,15,16). The van der Waals surface area contributed by atoms with Crippen LogP contribution < -0.4 is 10.6 Å². The third-order valence-corrected chi connectivity index (χ3v) is 3.82. The maximum absolute atomic E-state index is 7.47. The van der Waals surface area contributed by atoms with Crippen LogP contribution in [0.4, 0.5) is 5.82 Å². The third-order valence-electron chi connectivity index (χ3n) is 3.82. The number of hydrogen-bond acceptors (Lipinski definition) is 4. The minimum atomic E-state index is 0.0938. The second-order valence-corrected chi connectivity index (χ2v) is 5.44. The van der Waals surface area contributed by atoms with Crippen LogP contribution in [0.1, 0.15) is 18.4 Å². The lowest BCUT2D eigenvalue weighted by molar-refractivity contribution is 0.222. The molecule has 0 aromatic carbocycles. The summed E-state index contributed by atoms with van der Waals surface area (Å²) in [6.45, 7) is 3.38. The Morgan fingerprint density at radius 3 is 2.84 bits per heavy atom. The van der Waals surface area contributed by atoms with E-state index in [9.17, 15) is 0 Å². The Morgan fingerprint density at radius 1 is 1.53 bits per heavy atom. The molecule has 0 aliphatic carbocycles. The fourth-order valence-corrected chi connectivity index (χ4v) is 2.52. The van der Waals surface area contributed by atoms with Gasteiger partial charge in [0.1, 0.15) is 11.7 Å². The van der Waals surface area contributed by atoms with Gasteiger partial charge in [-0.15, -0.1) is 0 Å². The molecule has 2 rings (SSSR count). The zero-order valence-corrected chi connectivity index (χ0v) is 11.8. The van der Waals surface area contributed by atoms with E-state index in [0.717, 1.165) is 23.8 Å². The lowest BCUT2D eigenvalue weighted by Gasteiger charge is -2.32. The zero-order valence-electron chi connectivity index (χ0n) is 11.8.